The van der Waals surface area contributed by atoms with Gasteiger partial charge in [-0.1, -0.05) is 0 Å². The van der Waals surface area contributed by atoms with Crippen molar-refractivity contribution in [2.45, 2.75) is 37.4 Å². The second-order valence-corrected chi connectivity index (χ2v) is 8.58. The van der Waals surface area contributed by atoms with Crippen molar-refractivity contribution in [3.8, 4) is 0 Å². The summed E-state index contributed by atoms with van der Waals surface area (Å²) in [5.74, 6) is 3.52. The van der Waals surface area contributed by atoms with E-state index in [9.17, 15) is 17.2 Å². The minimum absolute atomic E-state index is 0.218. The van der Waals surface area contributed by atoms with Gasteiger partial charge >= 0.3 is 15.4 Å². The van der Waals surface area contributed by atoms with Gasteiger partial charge in [0.2, 0.25) is 0 Å². The molecule has 0 aromatic carbocycles. The molecule has 0 aromatic rings. The van der Waals surface area contributed by atoms with E-state index in [4.69, 9.17) is 4.55 Å². The van der Waals surface area contributed by atoms with Gasteiger partial charge < -0.3 is 0 Å². The molecule has 108 valence electrons. The lowest BCUT2D eigenvalue weighted by Crippen LogP contribution is -2.57. The van der Waals surface area contributed by atoms with E-state index >= 15 is 0 Å². The van der Waals surface area contributed by atoms with E-state index in [0.717, 1.165) is 30.6 Å². The van der Waals surface area contributed by atoms with Crippen LogP contribution in [0, 0.1) is 41.4 Å². The largest absolute Gasteiger partial charge is 0.370 e. The molecule has 0 saturated heterocycles. The number of alkyl halides is 2. The van der Waals surface area contributed by atoms with E-state index in [-0.39, 0.29) is 11.8 Å². The van der Waals surface area contributed by atoms with Crippen LogP contribution in [0.5, 0.6) is 0 Å². The van der Waals surface area contributed by atoms with Gasteiger partial charge in [0, 0.05) is 6.42 Å². The van der Waals surface area contributed by atoms with Crippen molar-refractivity contribution in [1.29, 1.82) is 0 Å². The smallest absolute Gasteiger partial charge is 0.281 e. The standard InChI is InChI=1S/C13H18F2O3S/c14-13(15,19(16,17)18)5-7-3-6-4-10(7)12-9-2-1-8(9)11(6)12/h6-12H,1-5H2,(H,16,17,18). The van der Waals surface area contributed by atoms with Crippen LogP contribution in [0.25, 0.3) is 0 Å². The molecule has 4 aliphatic carbocycles. The first kappa shape index (κ1) is 12.5. The van der Waals surface area contributed by atoms with Crippen LogP contribution < -0.4 is 0 Å². The summed E-state index contributed by atoms with van der Waals surface area (Å²) < 4.78 is 57.1. The molecule has 4 saturated carbocycles. The SMILES string of the molecule is O=S(=O)(O)C(F)(F)CC1CC2CC1C1C3CCC3C21. The number of hydrogen-bond donors (Lipinski definition) is 1. The minimum Gasteiger partial charge on any atom is -0.281 e. The summed E-state index contributed by atoms with van der Waals surface area (Å²) >= 11 is 0. The summed E-state index contributed by atoms with van der Waals surface area (Å²) in [6, 6.07) is 0. The van der Waals surface area contributed by atoms with Crippen LogP contribution in [-0.4, -0.2) is 18.2 Å². The van der Waals surface area contributed by atoms with E-state index in [0.29, 0.717) is 11.8 Å². The molecule has 1 N–H and O–H groups in total. The average molecular weight is 292 g/mol. The topological polar surface area (TPSA) is 54.4 Å². The zero-order valence-corrected chi connectivity index (χ0v) is 11.3. The first-order chi connectivity index (χ1) is 8.79. The molecule has 0 spiro atoms. The third kappa shape index (κ3) is 1.47. The van der Waals surface area contributed by atoms with Gasteiger partial charge in [0.1, 0.15) is 0 Å². The van der Waals surface area contributed by atoms with Crippen molar-refractivity contribution >= 4 is 10.1 Å². The number of rotatable bonds is 3. The summed E-state index contributed by atoms with van der Waals surface area (Å²) in [6.07, 6.45) is 3.60. The molecule has 7 unspecified atom stereocenters. The van der Waals surface area contributed by atoms with Crippen LogP contribution >= 0.6 is 0 Å². The highest BCUT2D eigenvalue weighted by Gasteiger charge is 2.68. The van der Waals surface area contributed by atoms with Gasteiger partial charge in [-0.2, -0.15) is 17.2 Å². The van der Waals surface area contributed by atoms with Gasteiger partial charge in [-0.25, -0.2) is 0 Å². The predicted octanol–water partition coefficient (Wildman–Crippen LogP) is 2.79. The molecule has 0 heterocycles. The van der Waals surface area contributed by atoms with Crippen LogP contribution in [0.3, 0.4) is 0 Å². The Labute approximate surface area is 111 Å². The number of fused-ring (bicyclic) bond motifs is 8. The van der Waals surface area contributed by atoms with Crippen molar-refractivity contribution in [2.75, 3.05) is 0 Å². The lowest BCUT2D eigenvalue weighted by Gasteiger charge is -2.62. The van der Waals surface area contributed by atoms with Gasteiger partial charge in [0.15, 0.2) is 0 Å². The van der Waals surface area contributed by atoms with Crippen molar-refractivity contribution in [1.82, 2.24) is 0 Å². The molecular formula is C13H18F2O3S. The second-order valence-electron chi connectivity index (χ2n) is 7.03. The fourth-order valence-electron chi connectivity index (χ4n) is 5.83. The zero-order chi connectivity index (χ0) is 13.6. The molecule has 0 aliphatic heterocycles. The predicted molar refractivity (Wildman–Crippen MR) is 64.0 cm³/mol. The van der Waals surface area contributed by atoms with E-state index in [1.165, 1.54) is 12.8 Å². The van der Waals surface area contributed by atoms with Crippen LogP contribution in [-0.2, 0) is 10.1 Å². The molecule has 4 aliphatic rings. The van der Waals surface area contributed by atoms with Crippen LogP contribution in [0.4, 0.5) is 8.78 Å². The Morgan fingerprint density at radius 1 is 1.05 bits per heavy atom. The lowest BCUT2D eigenvalue weighted by atomic mass is 9.42. The first-order valence-electron chi connectivity index (χ1n) is 7.14. The van der Waals surface area contributed by atoms with Gasteiger partial charge in [0.05, 0.1) is 0 Å². The highest BCUT2D eigenvalue weighted by Crippen LogP contribution is 2.74. The molecule has 7 atom stereocenters. The molecular weight excluding hydrogens is 274 g/mol. The number of halogens is 2. The lowest BCUT2D eigenvalue weighted by molar-refractivity contribution is -0.146. The van der Waals surface area contributed by atoms with Gasteiger partial charge in [-0.05, 0) is 67.1 Å². The molecule has 0 aromatic heterocycles. The molecule has 3 nitrogen and oxygen atoms in total. The third-order valence-corrected chi connectivity index (χ3v) is 7.44. The zero-order valence-electron chi connectivity index (χ0n) is 10.5. The Bertz CT molecular complexity index is 518. The van der Waals surface area contributed by atoms with Crippen molar-refractivity contribution < 1.29 is 21.8 Å². The molecule has 2 bridgehead atoms. The second kappa shape index (κ2) is 3.50. The summed E-state index contributed by atoms with van der Waals surface area (Å²) in [4.78, 5) is 0. The Balaban J connectivity index is 1.51. The maximum Gasteiger partial charge on any atom is 0.370 e. The summed E-state index contributed by atoms with van der Waals surface area (Å²) in [5.41, 5.74) is 0. The monoisotopic (exact) mass is 292 g/mol. The normalized spacial score (nSPS) is 51.2. The molecule has 6 heteroatoms. The summed E-state index contributed by atoms with van der Waals surface area (Å²) in [6.45, 7) is 0. The molecule has 4 rings (SSSR count). The van der Waals surface area contributed by atoms with E-state index in [1.807, 2.05) is 0 Å². The van der Waals surface area contributed by atoms with Crippen LogP contribution in [0.15, 0.2) is 0 Å². The van der Waals surface area contributed by atoms with Crippen molar-refractivity contribution in [2.24, 2.45) is 41.4 Å². The first-order valence-corrected chi connectivity index (χ1v) is 8.58. The highest BCUT2D eigenvalue weighted by atomic mass is 32.2. The van der Waals surface area contributed by atoms with E-state index in [1.54, 1.807) is 0 Å². The van der Waals surface area contributed by atoms with E-state index < -0.39 is 21.8 Å². The maximum atomic E-state index is 13.5. The highest BCUT2D eigenvalue weighted by molar-refractivity contribution is 7.86. The third-order valence-electron chi connectivity index (χ3n) is 6.52. The molecule has 0 amide bonds. The quantitative estimate of drug-likeness (QED) is 0.814. The van der Waals surface area contributed by atoms with Crippen molar-refractivity contribution in [3.63, 3.8) is 0 Å². The molecule has 19 heavy (non-hydrogen) atoms. The van der Waals surface area contributed by atoms with Crippen molar-refractivity contribution in [3.05, 3.63) is 0 Å². The number of hydrogen-bond acceptors (Lipinski definition) is 2. The van der Waals surface area contributed by atoms with Gasteiger partial charge in [-0.3, -0.25) is 4.55 Å². The van der Waals surface area contributed by atoms with E-state index in [2.05, 4.69) is 0 Å². The van der Waals surface area contributed by atoms with Crippen LogP contribution in [0.2, 0.25) is 0 Å². The molecule has 4 fully saturated rings. The Morgan fingerprint density at radius 2 is 1.68 bits per heavy atom. The fraction of sp³-hybridized carbons (Fsp3) is 1.00. The summed E-state index contributed by atoms with van der Waals surface area (Å²) in [5, 5.41) is -3.97. The Hall–Kier alpha value is -0.230. The Kier molecular flexibility index (Phi) is 2.31. The van der Waals surface area contributed by atoms with Gasteiger partial charge in [-0.15, -0.1) is 0 Å². The van der Waals surface area contributed by atoms with Crippen LogP contribution in [0.1, 0.15) is 32.1 Å². The molecule has 0 radical (unpaired) electrons. The Morgan fingerprint density at radius 3 is 2.26 bits per heavy atom. The maximum absolute atomic E-state index is 13.5. The average Bonchev–Trinajstić information content (AvgIpc) is 2.72. The fourth-order valence-corrected chi connectivity index (χ4v) is 6.26. The minimum atomic E-state index is -5.26. The van der Waals surface area contributed by atoms with Gasteiger partial charge in [0.25, 0.3) is 0 Å². The summed E-state index contributed by atoms with van der Waals surface area (Å²) in [7, 11) is -5.26.